The summed E-state index contributed by atoms with van der Waals surface area (Å²) >= 11 is 0. The molecule has 0 aliphatic heterocycles. The zero-order valence-electron chi connectivity index (χ0n) is 18.4. The van der Waals surface area contributed by atoms with E-state index in [4.69, 9.17) is 5.73 Å². The molecule has 0 saturated heterocycles. The maximum Gasteiger partial charge on any atom is 0.260 e. The predicted octanol–water partition coefficient (Wildman–Crippen LogP) is 3.99. The lowest BCUT2D eigenvalue weighted by atomic mass is 10.0. The molecule has 11 heteroatoms. The molecule has 0 aliphatic rings. The smallest absolute Gasteiger partial charge is 0.260 e. The second-order valence-corrected chi connectivity index (χ2v) is 7.60. The molecule has 3 aromatic carbocycles. The summed E-state index contributed by atoms with van der Waals surface area (Å²) in [5.74, 6) is -1.45. The number of nitrogens with zero attached hydrogens (tertiary/aromatic N) is 6. The molecule has 0 unspecified atom stereocenters. The minimum absolute atomic E-state index is 0.0234. The van der Waals surface area contributed by atoms with Crippen LogP contribution in [0.25, 0.3) is 21.8 Å². The first-order chi connectivity index (χ1) is 16.9. The van der Waals surface area contributed by atoms with Crippen LogP contribution in [-0.4, -0.2) is 36.7 Å². The van der Waals surface area contributed by atoms with E-state index in [0.29, 0.717) is 21.8 Å². The van der Waals surface area contributed by atoms with Crippen molar-refractivity contribution < 1.29 is 14.7 Å². The topological polar surface area (TPSA) is 161 Å². The Morgan fingerprint density at radius 1 is 1.06 bits per heavy atom. The molecule has 0 radical (unpaired) electrons. The van der Waals surface area contributed by atoms with Gasteiger partial charge in [0, 0.05) is 7.05 Å². The van der Waals surface area contributed by atoms with Crippen molar-refractivity contribution in [1.29, 1.82) is 0 Å². The number of hydrogen-bond acceptors (Lipinski definition) is 8. The van der Waals surface area contributed by atoms with E-state index in [1.165, 1.54) is 12.4 Å². The minimum atomic E-state index is -0.691. The van der Waals surface area contributed by atoms with Crippen molar-refractivity contribution in [3.05, 3.63) is 78.2 Å². The molecule has 0 bridgehead atoms. The molecule has 11 nitrogen and oxygen atoms in total. The third-order valence-electron chi connectivity index (χ3n) is 5.43. The molecule has 5 aromatic rings. The van der Waals surface area contributed by atoms with Crippen LogP contribution in [0, 0.1) is 0 Å². The molecule has 2 heterocycles. The van der Waals surface area contributed by atoms with Gasteiger partial charge in [0.05, 0.1) is 23.0 Å². The molecular weight excluding hydrogens is 448 g/mol. The lowest BCUT2D eigenvalue weighted by Crippen LogP contribution is -2.18. The van der Waals surface area contributed by atoms with Crippen molar-refractivity contribution in [2.75, 3.05) is 5.32 Å². The number of hydrogen-bond donors (Lipinski definition) is 3. The van der Waals surface area contributed by atoms with E-state index in [1.54, 1.807) is 66.5 Å². The zero-order chi connectivity index (χ0) is 24.5. The third kappa shape index (κ3) is 3.91. The number of nitrogens with one attached hydrogen (secondary N) is 1. The first kappa shape index (κ1) is 21.6. The molecule has 2 amide bonds. The van der Waals surface area contributed by atoms with Gasteiger partial charge in [-0.25, -0.2) is 9.97 Å². The van der Waals surface area contributed by atoms with Crippen LogP contribution in [0.5, 0.6) is 5.75 Å². The summed E-state index contributed by atoms with van der Waals surface area (Å²) < 4.78 is 1.57. The van der Waals surface area contributed by atoms with E-state index >= 15 is 0 Å². The number of anilines is 1. The standard InChI is InChI=1S/C24H18N8O3/c1-32-20-18(11-28-32)26-12-27-23(20)31-30-17-10-13-6-2-3-7-14(13)19(21(17)33)24(35)29-16-9-5-4-8-15(16)22(25)34/h2-12,33H,1H3,(H2,25,34)(H,29,35)/b31-30+. The highest BCUT2D eigenvalue weighted by molar-refractivity contribution is 6.17. The van der Waals surface area contributed by atoms with E-state index in [-0.39, 0.29) is 34.1 Å². The highest BCUT2D eigenvalue weighted by atomic mass is 16.3. The Labute approximate surface area is 198 Å². The van der Waals surface area contributed by atoms with Crippen LogP contribution >= 0.6 is 0 Å². The van der Waals surface area contributed by atoms with Crippen LogP contribution in [0.3, 0.4) is 0 Å². The van der Waals surface area contributed by atoms with Gasteiger partial charge in [-0.1, -0.05) is 36.4 Å². The van der Waals surface area contributed by atoms with Gasteiger partial charge in [-0.05, 0) is 29.0 Å². The summed E-state index contributed by atoms with van der Waals surface area (Å²) in [6, 6.07) is 15.0. The maximum atomic E-state index is 13.3. The highest BCUT2D eigenvalue weighted by Crippen LogP contribution is 2.38. The summed E-state index contributed by atoms with van der Waals surface area (Å²) in [6.07, 6.45) is 2.92. The van der Waals surface area contributed by atoms with Gasteiger partial charge in [-0.3, -0.25) is 14.3 Å². The maximum absolute atomic E-state index is 13.3. The molecular formula is C24H18N8O3. The SMILES string of the molecule is Cn1ncc2ncnc(/N=N/c3cc4ccccc4c(C(=O)Nc4ccccc4C(N)=O)c3O)c21. The van der Waals surface area contributed by atoms with Crippen LogP contribution in [0.2, 0.25) is 0 Å². The van der Waals surface area contributed by atoms with Crippen LogP contribution in [0.1, 0.15) is 20.7 Å². The summed E-state index contributed by atoms with van der Waals surface area (Å²) in [5, 5.41) is 27.4. The first-order valence-electron chi connectivity index (χ1n) is 10.4. The van der Waals surface area contributed by atoms with Gasteiger partial charge in [0.1, 0.15) is 23.0 Å². The van der Waals surface area contributed by atoms with Gasteiger partial charge in [0.15, 0.2) is 5.75 Å². The van der Waals surface area contributed by atoms with E-state index < -0.39 is 11.8 Å². The molecule has 35 heavy (non-hydrogen) atoms. The van der Waals surface area contributed by atoms with E-state index in [1.807, 2.05) is 0 Å². The second kappa shape index (κ2) is 8.63. The Kier molecular flexibility index (Phi) is 5.34. The quantitative estimate of drug-likeness (QED) is 0.332. The molecule has 0 atom stereocenters. The Morgan fingerprint density at radius 3 is 2.66 bits per heavy atom. The predicted molar refractivity (Wildman–Crippen MR) is 129 cm³/mol. The fourth-order valence-corrected chi connectivity index (χ4v) is 3.78. The third-order valence-corrected chi connectivity index (χ3v) is 5.43. The number of fused-ring (bicyclic) bond motifs is 2. The van der Waals surface area contributed by atoms with Crippen molar-refractivity contribution in [3.63, 3.8) is 0 Å². The van der Waals surface area contributed by atoms with Gasteiger partial charge in [0.25, 0.3) is 11.8 Å². The summed E-state index contributed by atoms with van der Waals surface area (Å²) in [4.78, 5) is 33.4. The Bertz CT molecular complexity index is 1660. The number of primary amides is 1. The second-order valence-electron chi connectivity index (χ2n) is 7.60. The van der Waals surface area contributed by atoms with Crippen molar-refractivity contribution in [3.8, 4) is 5.75 Å². The molecule has 0 fully saturated rings. The lowest BCUT2D eigenvalue weighted by Gasteiger charge is -2.13. The Hall–Kier alpha value is -5.19. The van der Waals surface area contributed by atoms with Crippen LogP contribution in [0.15, 0.2) is 77.3 Å². The molecule has 5 rings (SSSR count). The largest absolute Gasteiger partial charge is 0.505 e. The van der Waals surface area contributed by atoms with Crippen molar-refractivity contribution >= 4 is 50.8 Å². The number of phenols is 1. The van der Waals surface area contributed by atoms with Crippen molar-refractivity contribution in [2.24, 2.45) is 23.0 Å². The number of azo groups is 1. The van der Waals surface area contributed by atoms with Gasteiger partial charge < -0.3 is 16.2 Å². The summed E-state index contributed by atoms with van der Waals surface area (Å²) in [7, 11) is 1.73. The molecule has 0 spiro atoms. The normalized spacial score (nSPS) is 11.3. The van der Waals surface area contributed by atoms with Crippen LogP contribution < -0.4 is 11.1 Å². The molecule has 4 N–H and O–H groups in total. The number of carbonyl (C=O) groups excluding carboxylic acids is 2. The number of aryl methyl sites for hydroxylation is 1. The summed E-state index contributed by atoms with van der Waals surface area (Å²) in [6.45, 7) is 0. The molecule has 172 valence electrons. The highest BCUT2D eigenvalue weighted by Gasteiger charge is 2.21. The molecule has 2 aromatic heterocycles. The molecule has 0 aliphatic carbocycles. The average Bonchev–Trinajstić information content (AvgIpc) is 3.24. The monoisotopic (exact) mass is 466 g/mol. The lowest BCUT2D eigenvalue weighted by molar-refractivity contribution is 0.100. The van der Waals surface area contributed by atoms with Crippen molar-refractivity contribution in [1.82, 2.24) is 19.7 Å². The number of benzene rings is 3. The van der Waals surface area contributed by atoms with Gasteiger partial charge in [0.2, 0.25) is 5.82 Å². The van der Waals surface area contributed by atoms with E-state index in [0.717, 1.165) is 0 Å². The van der Waals surface area contributed by atoms with E-state index in [9.17, 15) is 14.7 Å². The number of aromatic hydroxyl groups is 1. The van der Waals surface area contributed by atoms with Crippen LogP contribution in [-0.2, 0) is 7.05 Å². The van der Waals surface area contributed by atoms with Gasteiger partial charge in [-0.15, -0.1) is 10.2 Å². The number of phenolic OH excluding ortho intramolecular Hbond substituents is 1. The number of nitrogens with two attached hydrogens (primary N) is 1. The minimum Gasteiger partial charge on any atom is -0.505 e. The van der Waals surface area contributed by atoms with Crippen LogP contribution in [0.4, 0.5) is 17.2 Å². The van der Waals surface area contributed by atoms with Crippen molar-refractivity contribution in [2.45, 2.75) is 0 Å². The fourth-order valence-electron chi connectivity index (χ4n) is 3.78. The summed E-state index contributed by atoms with van der Waals surface area (Å²) in [5.41, 5.74) is 6.99. The number of aromatic nitrogens is 4. The fraction of sp³-hybridized carbons (Fsp3) is 0.0417. The zero-order valence-corrected chi connectivity index (χ0v) is 18.4. The molecule has 0 saturated carbocycles. The Balaban J connectivity index is 1.61. The Morgan fingerprint density at radius 2 is 1.83 bits per heavy atom. The number of amides is 2. The number of rotatable bonds is 5. The van der Waals surface area contributed by atoms with Gasteiger partial charge in [-0.2, -0.15) is 5.10 Å². The first-order valence-corrected chi connectivity index (χ1v) is 10.4. The number of carbonyl (C=O) groups is 2. The average molecular weight is 466 g/mol. The number of para-hydroxylation sites is 1. The van der Waals surface area contributed by atoms with E-state index in [2.05, 4.69) is 30.6 Å². The van der Waals surface area contributed by atoms with Gasteiger partial charge >= 0.3 is 0 Å².